The van der Waals surface area contributed by atoms with Gasteiger partial charge in [0.05, 0.1) is 21.8 Å². The molecule has 0 bridgehead atoms. The average molecular weight is 542 g/mol. The van der Waals surface area contributed by atoms with Crippen molar-refractivity contribution >= 4 is 21.6 Å². The molecule has 3 heterocycles. The van der Waals surface area contributed by atoms with Gasteiger partial charge in [-0.05, 0) is 42.3 Å². The van der Waals surface area contributed by atoms with E-state index >= 15 is 0 Å². The van der Waals surface area contributed by atoms with Crippen LogP contribution in [0.5, 0.6) is 5.75 Å². The van der Waals surface area contributed by atoms with E-state index in [4.69, 9.17) is 9.15 Å². The first-order valence-electron chi connectivity index (χ1n) is 13.2. The van der Waals surface area contributed by atoms with E-state index in [1.54, 1.807) is 11.3 Å². The molecule has 3 aromatic carbocycles. The highest BCUT2D eigenvalue weighted by Crippen LogP contribution is 2.26. The molecule has 0 unspecified atom stereocenters. The van der Waals surface area contributed by atoms with E-state index in [2.05, 4.69) is 49.2 Å². The molecule has 0 spiro atoms. The van der Waals surface area contributed by atoms with Gasteiger partial charge in [-0.25, -0.2) is 4.98 Å². The van der Waals surface area contributed by atoms with Crippen LogP contribution in [0.15, 0.2) is 77.2 Å². The monoisotopic (exact) mass is 541 g/mol. The number of aliphatic hydroxyl groups is 1. The number of aliphatic hydroxyl groups excluding tert-OH is 1. The van der Waals surface area contributed by atoms with Crippen LogP contribution in [0.1, 0.15) is 10.9 Å². The van der Waals surface area contributed by atoms with Crippen LogP contribution < -0.4 is 4.74 Å². The maximum atomic E-state index is 10.5. The molecule has 1 atom stereocenters. The van der Waals surface area contributed by atoms with Gasteiger partial charge in [0.15, 0.2) is 0 Å². The zero-order valence-corrected chi connectivity index (χ0v) is 22.7. The number of ether oxygens (including phenoxy) is 1. The molecule has 0 amide bonds. The van der Waals surface area contributed by atoms with Gasteiger partial charge in [-0.2, -0.15) is 0 Å². The van der Waals surface area contributed by atoms with E-state index in [1.807, 2.05) is 55.5 Å². The molecule has 9 heteroatoms. The van der Waals surface area contributed by atoms with Gasteiger partial charge >= 0.3 is 0 Å². The lowest BCUT2D eigenvalue weighted by molar-refractivity contribution is 0.0431. The van der Waals surface area contributed by atoms with E-state index in [9.17, 15) is 5.11 Å². The zero-order valence-electron chi connectivity index (χ0n) is 21.9. The first-order valence-corrected chi connectivity index (χ1v) is 14.0. The molecule has 0 aliphatic carbocycles. The Morgan fingerprint density at radius 3 is 2.41 bits per heavy atom. The summed E-state index contributed by atoms with van der Waals surface area (Å²) in [5.41, 5.74) is 4.19. The fourth-order valence-electron chi connectivity index (χ4n) is 4.85. The minimum Gasteiger partial charge on any atom is -0.491 e. The van der Waals surface area contributed by atoms with Gasteiger partial charge < -0.3 is 14.3 Å². The van der Waals surface area contributed by atoms with Crippen LogP contribution in [0, 0.1) is 6.92 Å². The minimum atomic E-state index is -0.559. The Labute approximate surface area is 231 Å². The Bertz CT molecular complexity index is 1510. The summed E-state index contributed by atoms with van der Waals surface area (Å²) >= 11 is 1.67. The first kappa shape index (κ1) is 25.6. The Morgan fingerprint density at radius 2 is 1.62 bits per heavy atom. The second-order valence-corrected chi connectivity index (χ2v) is 11.1. The van der Waals surface area contributed by atoms with Gasteiger partial charge in [-0.15, -0.1) is 21.5 Å². The molecular formula is C30H31N5O3S. The predicted molar refractivity (Wildman–Crippen MR) is 153 cm³/mol. The molecule has 2 aromatic heterocycles. The fourth-order valence-corrected chi connectivity index (χ4v) is 5.65. The average Bonchev–Trinajstić information content (AvgIpc) is 3.59. The number of fused-ring (bicyclic) bond motifs is 1. The number of nitrogens with zero attached hydrogens (tertiary/aromatic N) is 5. The molecule has 5 aromatic rings. The standard InChI is InChI=1S/C30H31N5O3S/c1-21-31-27-17-26(11-12-28(27)39-21)37-20-25(36)18-34-13-15-35(16-14-34)19-29-32-33-30(38-29)24-9-7-23(8-10-24)22-5-3-2-4-6-22/h2-12,17,25,36H,13-16,18-20H2,1H3/t25-/m1/s1. The van der Waals surface area contributed by atoms with E-state index in [-0.39, 0.29) is 6.61 Å². The van der Waals surface area contributed by atoms with Crippen molar-refractivity contribution in [1.29, 1.82) is 0 Å². The second-order valence-electron chi connectivity index (χ2n) is 9.85. The molecular weight excluding hydrogens is 510 g/mol. The quantitative estimate of drug-likeness (QED) is 0.283. The van der Waals surface area contributed by atoms with Crippen LogP contribution in [0.2, 0.25) is 0 Å². The van der Waals surface area contributed by atoms with E-state index in [0.717, 1.165) is 58.3 Å². The van der Waals surface area contributed by atoms with Crippen LogP contribution >= 0.6 is 11.3 Å². The number of aryl methyl sites for hydroxylation is 1. The van der Waals surface area contributed by atoms with Gasteiger partial charge in [0.25, 0.3) is 0 Å². The SMILES string of the molecule is Cc1nc2cc(OC[C@H](O)CN3CCN(Cc4nnc(-c5ccc(-c6ccccc6)cc5)o4)CC3)ccc2s1. The van der Waals surface area contributed by atoms with Crippen LogP contribution in [0.25, 0.3) is 32.8 Å². The number of thiazole rings is 1. The van der Waals surface area contributed by atoms with E-state index in [0.29, 0.717) is 24.9 Å². The molecule has 1 fully saturated rings. The third-order valence-electron chi connectivity index (χ3n) is 6.91. The highest BCUT2D eigenvalue weighted by atomic mass is 32.1. The van der Waals surface area contributed by atoms with Gasteiger partial charge in [-0.3, -0.25) is 9.80 Å². The summed E-state index contributed by atoms with van der Waals surface area (Å²) in [5.74, 6) is 1.89. The molecule has 0 radical (unpaired) electrons. The first-order chi connectivity index (χ1) is 19.1. The molecule has 1 saturated heterocycles. The van der Waals surface area contributed by atoms with E-state index < -0.39 is 6.10 Å². The van der Waals surface area contributed by atoms with Gasteiger partial charge in [-0.1, -0.05) is 42.5 Å². The summed E-state index contributed by atoms with van der Waals surface area (Å²) < 4.78 is 13.0. The van der Waals surface area contributed by atoms with E-state index in [1.165, 1.54) is 5.56 Å². The zero-order chi connectivity index (χ0) is 26.6. The van der Waals surface area contributed by atoms with Gasteiger partial charge in [0.1, 0.15) is 18.5 Å². The number of benzene rings is 3. The Hall–Kier alpha value is -3.63. The summed E-state index contributed by atoms with van der Waals surface area (Å²) in [4.78, 5) is 9.08. The number of aromatic nitrogens is 3. The van der Waals surface area contributed by atoms with Crippen molar-refractivity contribution in [2.75, 3.05) is 39.3 Å². The number of β-amino-alcohol motifs (C(OH)–C–C–N with tert-alkyl or cyclic N) is 1. The van der Waals surface area contributed by atoms with Crippen molar-refractivity contribution in [3.8, 4) is 28.3 Å². The lowest BCUT2D eigenvalue weighted by Gasteiger charge is -2.34. The van der Waals surface area contributed by atoms with Crippen LogP contribution in [0.3, 0.4) is 0 Å². The molecule has 1 aliphatic heterocycles. The number of rotatable bonds is 9. The van der Waals surface area contributed by atoms with Gasteiger partial charge in [0.2, 0.25) is 11.8 Å². The highest BCUT2D eigenvalue weighted by molar-refractivity contribution is 7.18. The van der Waals surface area contributed by atoms with Crippen molar-refractivity contribution < 1.29 is 14.3 Å². The third-order valence-corrected chi connectivity index (χ3v) is 7.86. The maximum Gasteiger partial charge on any atom is 0.247 e. The Morgan fingerprint density at radius 1 is 0.897 bits per heavy atom. The molecule has 6 rings (SSSR count). The molecule has 200 valence electrons. The maximum absolute atomic E-state index is 10.5. The fraction of sp³-hybridized carbons (Fsp3) is 0.300. The number of piperazine rings is 1. The number of hydrogen-bond acceptors (Lipinski definition) is 9. The predicted octanol–water partition coefficient (Wildman–Crippen LogP) is 4.88. The minimum absolute atomic E-state index is 0.256. The third kappa shape index (κ3) is 6.34. The topological polar surface area (TPSA) is 87.8 Å². The molecule has 8 nitrogen and oxygen atoms in total. The molecule has 1 aliphatic rings. The lowest BCUT2D eigenvalue weighted by Crippen LogP contribution is -2.48. The molecule has 0 saturated carbocycles. The van der Waals surface area contributed by atoms with Crippen molar-refractivity contribution in [3.63, 3.8) is 0 Å². The Kier molecular flexibility index (Phi) is 7.64. The Balaban J connectivity index is 0.951. The van der Waals surface area contributed by atoms with Gasteiger partial charge in [0, 0.05) is 44.4 Å². The normalized spacial score (nSPS) is 15.5. The summed E-state index contributed by atoms with van der Waals surface area (Å²) in [6.45, 7) is 6.93. The molecule has 39 heavy (non-hydrogen) atoms. The smallest absolute Gasteiger partial charge is 0.247 e. The summed E-state index contributed by atoms with van der Waals surface area (Å²) in [5, 5.41) is 20.1. The van der Waals surface area contributed by atoms with Crippen molar-refractivity contribution in [2.45, 2.75) is 19.6 Å². The summed E-state index contributed by atoms with van der Waals surface area (Å²) in [7, 11) is 0. The van der Waals surface area contributed by atoms with Crippen LogP contribution in [-0.2, 0) is 6.54 Å². The number of hydrogen-bond donors (Lipinski definition) is 1. The lowest BCUT2D eigenvalue weighted by atomic mass is 10.0. The largest absolute Gasteiger partial charge is 0.491 e. The van der Waals surface area contributed by atoms with Crippen LogP contribution in [-0.4, -0.2) is 75.5 Å². The van der Waals surface area contributed by atoms with Crippen molar-refractivity contribution in [2.24, 2.45) is 0 Å². The van der Waals surface area contributed by atoms with Crippen molar-refractivity contribution in [3.05, 3.63) is 83.7 Å². The summed E-state index contributed by atoms with van der Waals surface area (Å²) in [6, 6.07) is 24.4. The second kappa shape index (κ2) is 11.6. The van der Waals surface area contributed by atoms with Crippen LogP contribution in [0.4, 0.5) is 0 Å². The highest BCUT2D eigenvalue weighted by Gasteiger charge is 2.21. The van der Waals surface area contributed by atoms with Crippen molar-refractivity contribution in [1.82, 2.24) is 25.0 Å². The summed E-state index contributed by atoms with van der Waals surface area (Å²) in [6.07, 6.45) is -0.559. The molecule has 1 N–H and O–H groups in total.